The van der Waals surface area contributed by atoms with Crippen molar-refractivity contribution in [2.24, 2.45) is 0 Å². The van der Waals surface area contributed by atoms with Gasteiger partial charge in [0.25, 0.3) is 5.91 Å². The second-order valence-electron chi connectivity index (χ2n) is 7.43. The van der Waals surface area contributed by atoms with Gasteiger partial charge in [-0.15, -0.1) is 0 Å². The summed E-state index contributed by atoms with van der Waals surface area (Å²) in [6, 6.07) is 7.59. The van der Waals surface area contributed by atoms with Crippen molar-refractivity contribution in [1.82, 2.24) is 4.72 Å². The first-order chi connectivity index (χ1) is 13.7. The standard InChI is InChI=1S/C20H19Cl2FN2O3S/c21-13-6-14(22)8-15(7-13)28-10-12-5-19(23)18(9-17(12)11-1-2-11)20(26)25-29(24,27)16-3-4-16/h5-9,11,16H,1-4,10H2,(H2,24,25,26,27). The van der Waals surface area contributed by atoms with Crippen LogP contribution in [0.25, 0.3) is 0 Å². The minimum atomic E-state index is -3.25. The summed E-state index contributed by atoms with van der Waals surface area (Å²) in [5, 5.41) is 0.528. The Balaban J connectivity index is 1.57. The van der Waals surface area contributed by atoms with Crippen LogP contribution in [-0.4, -0.2) is 15.4 Å². The second-order valence-corrected chi connectivity index (χ2v) is 10.4. The van der Waals surface area contributed by atoms with E-state index >= 15 is 0 Å². The number of nitrogens with one attached hydrogen (secondary N) is 2. The normalized spacial score (nSPS) is 18.2. The molecule has 0 spiro atoms. The van der Waals surface area contributed by atoms with Crippen LogP contribution in [0.5, 0.6) is 5.75 Å². The number of rotatable bonds is 7. The van der Waals surface area contributed by atoms with Gasteiger partial charge >= 0.3 is 0 Å². The van der Waals surface area contributed by atoms with E-state index < -0.39 is 21.6 Å². The summed E-state index contributed by atoms with van der Waals surface area (Å²) in [4.78, 5) is 12.5. The molecule has 0 saturated heterocycles. The monoisotopic (exact) mass is 456 g/mol. The Morgan fingerprint density at radius 3 is 2.38 bits per heavy atom. The van der Waals surface area contributed by atoms with E-state index in [0.717, 1.165) is 18.4 Å². The zero-order chi connectivity index (χ0) is 20.8. The summed E-state index contributed by atoms with van der Waals surface area (Å²) in [6.07, 6.45) is 3.17. The Hall–Kier alpha value is -1.83. The molecule has 2 N–H and O–H groups in total. The first-order valence-electron chi connectivity index (χ1n) is 9.24. The van der Waals surface area contributed by atoms with Gasteiger partial charge < -0.3 is 4.74 Å². The molecular formula is C20H19Cl2FN2O3S. The molecule has 1 atom stereocenters. The van der Waals surface area contributed by atoms with Gasteiger partial charge in [0.05, 0.1) is 10.8 Å². The second kappa shape index (κ2) is 7.78. The molecule has 9 heteroatoms. The lowest BCUT2D eigenvalue weighted by molar-refractivity contribution is 0.0978. The van der Waals surface area contributed by atoms with E-state index in [-0.39, 0.29) is 23.3 Å². The zero-order valence-electron chi connectivity index (χ0n) is 15.3. The molecule has 154 valence electrons. The van der Waals surface area contributed by atoms with Crippen LogP contribution in [0.4, 0.5) is 4.39 Å². The minimum absolute atomic E-state index is 0.0958. The van der Waals surface area contributed by atoms with E-state index in [1.54, 1.807) is 18.2 Å². The van der Waals surface area contributed by atoms with Crippen molar-refractivity contribution in [1.29, 1.82) is 4.78 Å². The van der Waals surface area contributed by atoms with Crippen LogP contribution in [-0.2, 0) is 16.5 Å². The highest BCUT2D eigenvalue weighted by molar-refractivity contribution is 7.92. The number of hydrogen-bond acceptors (Lipinski definition) is 4. The molecular weight excluding hydrogens is 438 g/mol. The minimum Gasteiger partial charge on any atom is -0.489 e. The highest BCUT2D eigenvalue weighted by Gasteiger charge is 2.35. The van der Waals surface area contributed by atoms with Crippen molar-refractivity contribution >= 4 is 39.0 Å². The summed E-state index contributed by atoms with van der Waals surface area (Å²) in [5.74, 6) is -0.858. The zero-order valence-corrected chi connectivity index (χ0v) is 17.7. The number of hydrogen-bond donors (Lipinski definition) is 2. The number of carbonyl (C=O) groups is 1. The molecule has 0 heterocycles. The molecule has 2 aromatic carbocycles. The molecule has 0 bridgehead atoms. The van der Waals surface area contributed by atoms with Crippen LogP contribution in [0, 0.1) is 10.6 Å². The number of halogens is 3. The number of amides is 1. The molecule has 1 unspecified atom stereocenters. The van der Waals surface area contributed by atoms with Crippen molar-refractivity contribution in [2.45, 2.75) is 43.5 Å². The fraction of sp³-hybridized carbons (Fsp3) is 0.350. The topological polar surface area (TPSA) is 79.3 Å². The molecule has 2 aromatic rings. The summed E-state index contributed by atoms with van der Waals surface area (Å²) in [7, 11) is -3.25. The first-order valence-corrected chi connectivity index (χ1v) is 11.6. The molecule has 2 saturated carbocycles. The molecule has 0 aromatic heterocycles. The Bertz CT molecular complexity index is 1060. The van der Waals surface area contributed by atoms with Gasteiger partial charge in [0, 0.05) is 10.0 Å². The van der Waals surface area contributed by atoms with E-state index in [9.17, 15) is 13.4 Å². The number of ether oxygens (including phenoxy) is 1. The fourth-order valence-electron chi connectivity index (χ4n) is 3.15. The Morgan fingerprint density at radius 1 is 1.14 bits per heavy atom. The molecule has 2 aliphatic carbocycles. The van der Waals surface area contributed by atoms with Gasteiger partial charge in [-0.3, -0.25) is 9.52 Å². The fourth-order valence-corrected chi connectivity index (χ4v) is 5.01. The average molecular weight is 457 g/mol. The Morgan fingerprint density at radius 2 is 1.79 bits per heavy atom. The quantitative estimate of drug-likeness (QED) is 0.581. The molecule has 4 rings (SSSR count). The molecule has 5 nitrogen and oxygen atoms in total. The van der Waals surface area contributed by atoms with Crippen LogP contribution < -0.4 is 9.46 Å². The van der Waals surface area contributed by atoms with Crippen molar-refractivity contribution in [2.75, 3.05) is 0 Å². The van der Waals surface area contributed by atoms with Crippen LogP contribution in [0.1, 0.15) is 53.1 Å². The van der Waals surface area contributed by atoms with Gasteiger partial charge in [0.1, 0.15) is 28.1 Å². The Labute approximate surface area is 178 Å². The molecule has 1 amide bonds. The van der Waals surface area contributed by atoms with Crippen LogP contribution in [0.3, 0.4) is 0 Å². The highest BCUT2D eigenvalue weighted by Crippen LogP contribution is 2.43. The third-order valence-corrected chi connectivity index (χ3v) is 7.29. The van der Waals surface area contributed by atoms with E-state index in [2.05, 4.69) is 4.72 Å². The van der Waals surface area contributed by atoms with E-state index in [4.69, 9.17) is 32.7 Å². The third-order valence-electron chi connectivity index (χ3n) is 4.96. The lowest BCUT2D eigenvalue weighted by atomic mass is 9.99. The summed E-state index contributed by atoms with van der Waals surface area (Å²) in [6.45, 7) is 0.0958. The van der Waals surface area contributed by atoms with Crippen molar-refractivity contribution in [3.8, 4) is 5.75 Å². The van der Waals surface area contributed by atoms with Crippen LogP contribution in [0.2, 0.25) is 10.0 Å². The van der Waals surface area contributed by atoms with E-state index in [1.165, 1.54) is 12.1 Å². The lowest BCUT2D eigenvalue weighted by Gasteiger charge is -2.15. The Kier molecular flexibility index (Phi) is 5.48. The van der Waals surface area contributed by atoms with Gasteiger partial charge in [-0.2, -0.15) is 0 Å². The van der Waals surface area contributed by atoms with Gasteiger partial charge in [-0.05, 0) is 73.1 Å². The predicted molar refractivity (Wildman–Crippen MR) is 111 cm³/mol. The largest absolute Gasteiger partial charge is 0.489 e. The summed E-state index contributed by atoms with van der Waals surface area (Å²) >= 11 is 12.0. The number of benzene rings is 2. The van der Waals surface area contributed by atoms with Crippen molar-refractivity contribution in [3.63, 3.8) is 0 Å². The van der Waals surface area contributed by atoms with Gasteiger partial charge in [-0.1, -0.05) is 23.2 Å². The summed E-state index contributed by atoms with van der Waals surface area (Å²) < 4.78 is 42.7. The van der Waals surface area contributed by atoms with E-state index in [0.29, 0.717) is 34.2 Å². The van der Waals surface area contributed by atoms with Gasteiger partial charge in [0.15, 0.2) is 0 Å². The highest BCUT2D eigenvalue weighted by atomic mass is 35.5. The maximum absolute atomic E-state index is 14.7. The lowest BCUT2D eigenvalue weighted by Crippen LogP contribution is -2.33. The van der Waals surface area contributed by atoms with Crippen molar-refractivity contribution < 1.29 is 18.1 Å². The molecule has 2 fully saturated rings. The molecule has 2 aliphatic rings. The molecule has 29 heavy (non-hydrogen) atoms. The van der Waals surface area contributed by atoms with Crippen LogP contribution in [0.15, 0.2) is 30.3 Å². The van der Waals surface area contributed by atoms with Gasteiger partial charge in [0.2, 0.25) is 0 Å². The molecule has 0 radical (unpaired) electrons. The maximum atomic E-state index is 14.7. The third kappa shape index (κ3) is 4.85. The van der Waals surface area contributed by atoms with Crippen LogP contribution >= 0.6 is 23.2 Å². The average Bonchev–Trinajstić information content (AvgIpc) is 3.51. The van der Waals surface area contributed by atoms with Gasteiger partial charge in [-0.25, -0.2) is 13.4 Å². The SMILES string of the molecule is N=S(=O)(NC(=O)c1cc(C2CC2)c(COc2cc(Cl)cc(Cl)c2)cc1F)C1CC1. The smallest absolute Gasteiger partial charge is 0.266 e. The van der Waals surface area contributed by atoms with E-state index in [1.807, 2.05) is 0 Å². The predicted octanol–water partition coefficient (Wildman–Crippen LogP) is 5.44. The maximum Gasteiger partial charge on any atom is 0.266 e. The number of carbonyl (C=O) groups excluding carboxylic acids is 1. The molecule has 0 aliphatic heterocycles. The van der Waals surface area contributed by atoms with Crippen molar-refractivity contribution in [3.05, 3.63) is 62.9 Å². The first kappa shape index (κ1) is 20.4. The summed E-state index contributed by atoms with van der Waals surface area (Å²) in [5.41, 5.74) is 1.26.